The van der Waals surface area contributed by atoms with Gasteiger partial charge >= 0.3 is 5.97 Å². The number of aliphatic hydroxyl groups excluding tert-OH is 1. The van der Waals surface area contributed by atoms with Gasteiger partial charge in [0, 0.05) is 12.1 Å². The molecule has 6 nitrogen and oxygen atoms in total. The summed E-state index contributed by atoms with van der Waals surface area (Å²) in [5.41, 5.74) is 2.65. The van der Waals surface area contributed by atoms with E-state index in [0.29, 0.717) is 17.9 Å². The number of aliphatic hydroxyl groups is 1. The number of ether oxygens (including phenoxy) is 1. The van der Waals surface area contributed by atoms with Crippen molar-refractivity contribution in [2.24, 2.45) is 0 Å². The number of anilines is 1. The summed E-state index contributed by atoms with van der Waals surface area (Å²) in [6, 6.07) is 13.2. The highest BCUT2D eigenvalue weighted by atomic mass is 16.5. The number of hydrogen-bond donors (Lipinski definition) is 1. The Morgan fingerprint density at radius 1 is 1.10 bits per heavy atom. The number of rotatable bonds is 7. The summed E-state index contributed by atoms with van der Waals surface area (Å²) < 4.78 is 5.14. The maximum atomic E-state index is 12.9. The smallest absolute Gasteiger partial charge is 0.338 e. The molecule has 2 aromatic carbocycles. The molecule has 3 rings (SSSR count). The molecule has 0 aliphatic carbocycles. The number of Topliss-reactive ketones (excluding diaryl/α,β-unsaturated/α-hetero) is 1. The second kappa shape index (κ2) is 8.95. The molecule has 1 unspecified atom stereocenters. The van der Waals surface area contributed by atoms with Crippen LogP contribution in [0.5, 0.6) is 0 Å². The van der Waals surface area contributed by atoms with Crippen LogP contribution in [0, 0.1) is 6.92 Å². The fourth-order valence-corrected chi connectivity index (χ4v) is 3.54. The lowest BCUT2D eigenvalue weighted by Gasteiger charge is -2.27. The molecule has 0 saturated carbocycles. The highest BCUT2D eigenvalue weighted by molar-refractivity contribution is 6.16. The molecule has 0 spiro atoms. The van der Waals surface area contributed by atoms with Crippen LogP contribution < -0.4 is 4.90 Å². The molecule has 0 bridgehead atoms. The van der Waals surface area contributed by atoms with Crippen molar-refractivity contribution in [2.45, 2.75) is 39.7 Å². The van der Waals surface area contributed by atoms with E-state index in [2.05, 4.69) is 0 Å². The Hall–Kier alpha value is -3.41. The zero-order valence-corrected chi connectivity index (χ0v) is 17.3. The first kappa shape index (κ1) is 21.3. The van der Waals surface area contributed by atoms with E-state index < -0.39 is 23.7 Å². The minimum absolute atomic E-state index is 0.0968. The topological polar surface area (TPSA) is 83.9 Å². The monoisotopic (exact) mass is 407 g/mol. The maximum Gasteiger partial charge on any atom is 0.338 e. The van der Waals surface area contributed by atoms with Gasteiger partial charge in [-0.25, -0.2) is 4.79 Å². The quantitative estimate of drug-likeness (QED) is 0.686. The molecule has 1 N–H and O–H groups in total. The van der Waals surface area contributed by atoms with Gasteiger partial charge < -0.3 is 9.84 Å². The molecule has 1 aliphatic heterocycles. The van der Waals surface area contributed by atoms with Crippen LogP contribution in [0.3, 0.4) is 0 Å². The Labute approximate surface area is 175 Å². The molecule has 30 heavy (non-hydrogen) atoms. The predicted molar refractivity (Wildman–Crippen MR) is 113 cm³/mol. The van der Waals surface area contributed by atoms with Crippen molar-refractivity contribution in [3.63, 3.8) is 0 Å². The van der Waals surface area contributed by atoms with Crippen LogP contribution in [0.25, 0.3) is 0 Å². The SMILES string of the molecule is CCCOC(=O)c1ccc(N2C(=O)C(O)=C(C(=O)CC)C2c2cccc(C)c2)cc1. The Morgan fingerprint density at radius 3 is 2.40 bits per heavy atom. The van der Waals surface area contributed by atoms with Gasteiger partial charge in [-0.05, 0) is 43.2 Å². The average molecular weight is 407 g/mol. The minimum Gasteiger partial charge on any atom is -0.503 e. The van der Waals surface area contributed by atoms with E-state index >= 15 is 0 Å². The number of aryl methyl sites for hydroxylation is 1. The molecular weight excluding hydrogens is 382 g/mol. The van der Waals surface area contributed by atoms with E-state index in [0.717, 1.165) is 17.5 Å². The van der Waals surface area contributed by atoms with Gasteiger partial charge in [0.15, 0.2) is 11.5 Å². The fourth-order valence-electron chi connectivity index (χ4n) is 3.54. The van der Waals surface area contributed by atoms with Crippen molar-refractivity contribution in [3.05, 3.63) is 76.6 Å². The maximum absolute atomic E-state index is 12.9. The number of carbonyl (C=O) groups excluding carboxylic acids is 3. The Bertz CT molecular complexity index is 1010. The normalized spacial score (nSPS) is 16.2. The lowest BCUT2D eigenvalue weighted by molar-refractivity contribution is -0.118. The van der Waals surface area contributed by atoms with Crippen molar-refractivity contribution >= 4 is 23.3 Å². The molecule has 1 aliphatic rings. The summed E-state index contributed by atoms with van der Waals surface area (Å²) in [7, 11) is 0. The van der Waals surface area contributed by atoms with Crippen LogP contribution >= 0.6 is 0 Å². The standard InChI is InChI=1S/C24H25NO5/c1-4-13-30-24(29)16-9-11-18(12-10-16)25-21(17-8-6-7-15(3)14-17)20(19(26)5-2)22(27)23(25)28/h6-12,14,21,27H,4-5,13H2,1-3H3. The van der Waals surface area contributed by atoms with Crippen molar-refractivity contribution < 1.29 is 24.2 Å². The highest BCUT2D eigenvalue weighted by Gasteiger charge is 2.43. The number of esters is 1. The number of amides is 1. The first-order valence-electron chi connectivity index (χ1n) is 10.0. The van der Waals surface area contributed by atoms with Gasteiger partial charge in [0.1, 0.15) is 0 Å². The summed E-state index contributed by atoms with van der Waals surface area (Å²) in [4.78, 5) is 39.0. The highest BCUT2D eigenvalue weighted by Crippen LogP contribution is 2.41. The summed E-state index contributed by atoms with van der Waals surface area (Å²) in [5.74, 6) is -1.89. The summed E-state index contributed by atoms with van der Waals surface area (Å²) in [6.07, 6.45) is 0.897. The third-order valence-electron chi connectivity index (χ3n) is 5.01. The summed E-state index contributed by atoms with van der Waals surface area (Å²) >= 11 is 0. The largest absolute Gasteiger partial charge is 0.503 e. The third-order valence-corrected chi connectivity index (χ3v) is 5.01. The first-order chi connectivity index (χ1) is 14.4. The molecule has 0 saturated heterocycles. The van der Waals surface area contributed by atoms with Crippen LogP contribution in [0.1, 0.15) is 54.2 Å². The van der Waals surface area contributed by atoms with Crippen LogP contribution in [0.15, 0.2) is 59.9 Å². The number of nitrogens with zero attached hydrogens (tertiary/aromatic N) is 1. The molecule has 0 aromatic heterocycles. The number of carbonyl (C=O) groups is 3. The van der Waals surface area contributed by atoms with Gasteiger partial charge in [-0.3, -0.25) is 14.5 Å². The fraction of sp³-hybridized carbons (Fsp3) is 0.292. The molecule has 1 heterocycles. The molecule has 0 fully saturated rings. The van der Waals surface area contributed by atoms with Crippen molar-refractivity contribution in [3.8, 4) is 0 Å². The predicted octanol–water partition coefficient (Wildman–Crippen LogP) is 4.44. The lowest BCUT2D eigenvalue weighted by Crippen LogP contribution is -2.31. The number of ketones is 1. The Morgan fingerprint density at radius 2 is 1.80 bits per heavy atom. The van der Waals surface area contributed by atoms with Gasteiger partial charge in [0.2, 0.25) is 0 Å². The van der Waals surface area contributed by atoms with Gasteiger partial charge in [0.25, 0.3) is 5.91 Å². The molecule has 0 radical (unpaired) electrons. The molecule has 156 valence electrons. The van der Waals surface area contributed by atoms with Gasteiger partial charge in [0.05, 0.1) is 23.8 Å². The lowest BCUT2D eigenvalue weighted by atomic mass is 9.94. The van der Waals surface area contributed by atoms with Gasteiger partial charge in [-0.2, -0.15) is 0 Å². The van der Waals surface area contributed by atoms with E-state index in [1.807, 2.05) is 38.1 Å². The van der Waals surface area contributed by atoms with Crippen LogP contribution in [-0.4, -0.2) is 29.4 Å². The zero-order valence-electron chi connectivity index (χ0n) is 17.3. The van der Waals surface area contributed by atoms with Crippen molar-refractivity contribution in [1.29, 1.82) is 0 Å². The molecule has 1 atom stereocenters. The molecular formula is C24H25NO5. The molecule has 6 heteroatoms. The van der Waals surface area contributed by atoms with Crippen molar-refractivity contribution in [1.82, 2.24) is 0 Å². The summed E-state index contributed by atoms with van der Waals surface area (Å²) in [6.45, 7) is 5.86. The average Bonchev–Trinajstić information content (AvgIpc) is 3.02. The van der Waals surface area contributed by atoms with Crippen LogP contribution in [-0.2, 0) is 14.3 Å². The van der Waals surface area contributed by atoms with E-state index in [4.69, 9.17) is 4.74 Å². The van der Waals surface area contributed by atoms with E-state index in [1.54, 1.807) is 31.2 Å². The number of hydrogen-bond acceptors (Lipinski definition) is 5. The second-order valence-electron chi connectivity index (χ2n) is 7.21. The molecule has 2 aromatic rings. The van der Waals surface area contributed by atoms with Crippen LogP contribution in [0.4, 0.5) is 5.69 Å². The Kier molecular flexibility index (Phi) is 6.35. The van der Waals surface area contributed by atoms with E-state index in [9.17, 15) is 19.5 Å². The Balaban J connectivity index is 2.03. The first-order valence-corrected chi connectivity index (χ1v) is 10.0. The van der Waals surface area contributed by atoms with Crippen LogP contribution in [0.2, 0.25) is 0 Å². The minimum atomic E-state index is -0.734. The second-order valence-corrected chi connectivity index (χ2v) is 7.21. The molecule has 1 amide bonds. The van der Waals surface area contributed by atoms with E-state index in [1.165, 1.54) is 4.90 Å². The number of benzene rings is 2. The van der Waals surface area contributed by atoms with Crippen molar-refractivity contribution in [2.75, 3.05) is 11.5 Å². The van der Waals surface area contributed by atoms with E-state index in [-0.39, 0.29) is 17.8 Å². The zero-order chi connectivity index (χ0) is 21.8. The van der Waals surface area contributed by atoms with Gasteiger partial charge in [-0.1, -0.05) is 43.7 Å². The van der Waals surface area contributed by atoms with Gasteiger partial charge in [-0.15, -0.1) is 0 Å². The summed E-state index contributed by atoms with van der Waals surface area (Å²) in [5, 5.41) is 10.5. The third kappa shape index (κ3) is 3.99.